The minimum atomic E-state index is 0.673. The first kappa shape index (κ1) is 15.2. The topological polar surface area (TPSA) is 17.3 Å². The Labute approximate surface area is 180 Å². The molecule has 5 aromatic rings. The third-order valence-corrected chi connectivity index (χ3v) is 10.8. The fourth-order valence-electron chi connectivity index (χ4n) is 9.79. The first-order chi connectivity index (χ1) is 15.3. The highest BCUT2D eigenvalue weighted by Gasteiger charge is 2.72. The maximum absolute atomic E-state index is 5.27. The molecule has 3 heterocycles. The summed E-state index contributed by atoms with van der Waals surface area (Å²) in [5.74, 6) is 3.53. The minimum Gasteiger partial charge on any atom is -0.306 e. The smallest absolute Gasteiger partial charge is 0.0728 e. The first-order valence-electron chi connectivity index (χ1n) is 12.5. The summed E-state index contributed by atoms with van der Waals surface area (Å²) in [5, 5.41) is 6.03. The summed E-state index contributed by atoms with van der Waals surface area (Å²) in [6.07, 6.45) is 11.8. The second kappa shape index (κ2) is 4.46. The van der Waals surface area contributed by atoms with E-state index in [0.29, 0.717) is 5.41 Å². The van der Waals surface area contributed by atoms with Gasteiger partial charge in [0.15, 0.2) is 0 Å². The van der Waals surface area contributed by atoms with E-state index in [1.54, 1.807) is 22.1 Å². The number of rotatable bonds is 0. The number of benzene rings is 2. The van der Waals surface area contributed by atoms with Gasteiger partial charge in [0.25, 0.3) is 0 Å². The number of fused-ring (bicyclic) bond motifs is 13. The summed E-state index contributed by atoms with van der Waals surface area (Å²) in [6.45, 7) is 0. The normalized spacial score (nSPS) is 34.3. The van der Waals surface area contributed by atoms with Crippen molar-refractivity contribution in [3.63, 3.8) is 0 Å². The van der Waals surface area contributed by atoms with Crippen LogP contribution in [0.5, 0.6) is 0 Å². The Balaban J connectivity index is 1.41. The van der Waals surface area contributed by atoms with E-state index in [4.69, 9.17) is 4.98 Å². The molecule has 2 nitrogen and oxygen atoms in total. The second-order valence-electron chi connectivity index (χ2n) is 11.5. The van der Waals surface area contributed by atoms with E-state index < -0.39 is 0 Å². The Morgan fingerprint density at radius 3 is 2.74 bits per heavy atom. The number of nitrogens with zero attached hydrogens (tertiary/aromatic N) is 2. The van der Waals surface area contributed by atoms with Crippen molar-refractivity contribution in [2.75, 3.05) is 0 Å². The predicted octanol–water partition coefficient (Wildman–Crippen LogP) is 6.72. The zero-order valence-electron chi connectivity index (χ0n) is 17.6. The Morgan fingerprint density at radius 2 is 1.81 bits per heavy atom. The highest BCUT2D eigenvalue weighted by Crippen LogP contribution is 2.81. The Morgan fingerprint density at radius 1 is 0.903 bits per heavy atom. The van der Waals surface area contributed by atoms with Crippen LogP contribution in [0, 0.1) is 17.3 Å². The third kappa shape index (κ3) is 1.35. The van der Waals surface area contributed by atoms with Gasteiger partial charge in [-0.05, 0) is 90.9 Å². The summed E-state index contributed by atoms with van der Waals surface area (Å²) in [7, 11) is 0. The van der Waals surface area contributed by atoms with E-state index in [1.807, 2.05) is 0 Å². The van der Waals surface area contributed by atoms with Gasteiger partial charge in [-0.25, -0.2) is 0 Å². The molecule has 2 aromatic carbocycles. The molecule has 3 saturated carbocycles. The van der Waals surface area contributed by atoms with Gasteiger partial charge in [0.2, 0.25) is 0 Å². The molecule has 5 atom stereocenters. The van der Waals surface area contributed by atoms with Crippen LogP contribution in [-0.2, 0) is 12.8 Å². The number of hydrogen-bond acceptors (Lipinski definition) is 1. The molecule has 5 aliphatic carbocycles. The van der Waals surface area contributed by atoms with Gasteiger partial charge in [0.05, 0.1) is 22.7 Å². The van der Waals surface area contributed by atoms with Crippen molar-refractivity contribution in [3.8, 4) is 0 Å². The maximum atomic E-state index is 5.27. The first-order valence-corrected chi connectivity index (χ1v) is 12.5. The lowest BCUT2D eigenvalue weighted by molar-refractivity contribution is -0.147. The van der Waals surface area contributed by atoms with Gasteiger partial charge in [-0.15, -0.1) is 0 Å². The van der Waals surface area contributed by atoms with Crippen molar-refractivity contribution in [1.82, 2.24) is 9.38 Å². The van der Waals surface area contributed by atoms with Crippen molar-refractivity contribution in [2.45, 2.75) is 56.8 Å². The van der Waals surface area contributed by atoms with Crippen LogP contribution in [0.3, 0.4) is 0 Å². The largest absolute Gasteiger partial charge is 0.306 e. The van der Waals surface area contributed by atoms with Crippen LogP contribution in [0.15, 0.2) is 36.5 Å². The summed E-state index contributed by atoms with van der Waals surface area (Å²) in [4.78, 5) is 5.27. The standard InChI is InChI=1S/C29H24N2/c1-3-14-7-8-22-25(18(14)4-1)19-5-2-6-20-26-23(31(22)28(19)20)13-30-27-21-11-17-10-16-9-15(24(26)27)12-29(16,17)21/h2,5-8,13,15-17,21H,1,3-4,9-12H2. The van der Waals surface area contributed by atoms with Gasteiger partial charge in [-0.1, -0.05) is 24.3 Å². The molecule has 2 heteroatoms. The van der Waals surface area contributed by atoms with Gasteiger partial charge in [0.1, 0.15) is 0 Å². The van der Waals surface area contributed by atoms with Crippen LogP contribution >= 0.6 is 0 Å². The molecule has 5 unspecified atom stereocenters. The fraction of sp³-hybridized carbons (Fsp3) is 0.414. The molecule has 150 valence electrons. The van der Waals surface area contributed by atoms with E-state index >= 15 is 0 Å². The summed E-state index contributed by atoms with van der Waals surface area (Å²) < 4.78 is 2.58. The number of aryl methyl sites for hydroxylation is 2. The van der Waals surface area contributed by atoms with E-state index in [9.17, 15) is 0 Å². The monoisotopic (exact) mass is 400 g/mol. The van der Waals surface area contributed by atoms with Crippen LogP contribution in [0.4, 0.5) is 0 Å². The Kier molecular flexibility index (Phi) is 2.19. The Hall–Kier alpha value is -2.61. The van der Waals surface area contributed by atoms with E-state index in [2.05, 4.69) is 40.9 Å². The van der Waals surface area contributed by atoms with Crippen molar-refractivity contribution in [1.29, 1.82) is 0 Å². The lowest BCUT2D eigenvalue weighted by Gasteiger charge is -2.67. The molecule has 0 amide bonds. The van der Waals surface area contributed by atoms with Gasteiger partial charge in [-0.2, -0.15) is 0 Å². The molecule has 0 radical (unpaired) electrons. The number of hydrogen-bond donors (Lipinski definition) is 0. The predicted molar refractivity (Wildman–Crippen MR) is 124 cm³/mol. The number of pyridine rings is 1. The number of para-hydroxylation sites is 1. The van der Waals surface area contributed by atoms with Crippen LogP contribution in [0.1, 0.15) is 66.3 Å². The quantitative estimate of drug-likeness (QED) is 0.282. The zero-order valence-corrected chi connectivity index (χ0v) is 17.6. The Bertz CT molecular complexity index is 1650. The van der Waals surface area contributed by atoms with Crippen molar-refractivity contribution >= 4 is 38.1 Å². The van der Waals surface area contributed by atoms with Crippen LogP contribution < -0.4 is 0 Å². The lowest BCUT2D eigenvalue weighted by atomic mass is 9.37. The minimum absolute atomic E-state index is 0.673. The van der Waals surface area contributed by atoms with Crippen LogP contribution in [0.2, 0.25) is 0 Å². The second-order valence-corrected chi connectivity index (χ2v) is 11.5. The SMILES string of the molecule is c1cc2c3c4c(ccc3n3c5cnc6c(c5c(c1)c23)C1CC2CC3CC6C23C1)CCC4. The highest BCUT2D eigenvalue weighted by molar-refractivity contribution is 6.24. The van der Waals surface area contributed by atoms with E-state index in [1.165, 1.54) is 83.3 Å². The molecule has 0 saturated heterocycles. The summed E-state index contributed by atoms with van der Waals surface area (Å²) >= 11 is 0. The fourth-order valence-corrected chi connectivity index (χ4v) is 9.79. The lowest BCUT2D eigenvalue weighted by Crippen LogP contribution is -2.59. The summed E-state index contributed by atoms with van der Waals surface area (Å²) in [6, 6.07) is 11.9. The van der Waals surface area contributed by atoms with Crippen molar-refractivity contribution in [3.05, 3.63) is 58.9 Å². The maximum Gasteiger partial charge on any atom is 0.0728 e. The van der Waals surface area contributed by atoms with E-state index in [0.717, 1.165) is 23.7 Å². The number of aromatic nitrogens is 2. The average molecular weight is 401 g/mol. The van der Waals surface area contributed by atoms with Gasteiger partial charge in [0, 0.05) is 33.2 Å². The molecule has 10 rings (SSSR count). The molecule has 2 bridgehead atoms. The third-order valence-electron chi connectivity index (χ3n) is 10.8. The van der Waals surface area contributed by atoms with Gasteiger partial charge >= 0.3 is 0 Å². The summed E-state index contributed by atoms with van der Waals surface area (Å²) in [5.41, 5.74) is 11.3. The average Bonchev–Trinajstić information content (AvgIpc) is 3.54. The zero-order chi connectivity index (χ0) is 19.6. The highest BCUT2D eigenvalue weighted by atomic mass is 14.9. The van der Waals surface area contributed by atoms with Crippen LogP contribution in [0.25, 0.3) is 38.1 Å². The molecule has 31 heavy (non-hydrogen) atoms. The molecule has 1 spiro atoms. The molecule has 3 fully saturated rings. The van der Waals surface area contributed by atoms with Crippen LogP contribution in [-0.4, -0.2) is 9.38 Å². The molecular weight excluding hydrogens is 376 g/mol. The molecule has 0 aliphatic heterocycles. The van der Waals surface area contributed by atoms with Gasteiger partial charge in [-0.3, -0.25) is 4.98 Å². The van der Waals surface area contributed by atoms with E-state index in [-0.39, 0.29) is 0 Å². The molecular formula is C29H24N2. The van der Waals surface area contributed by atoms with Gasteiger partial charge < -0.3 is 4.40 Å². The molecule has 5 aliphatic rings. The molecule has 0 N–H and O–H groups in total. The molecule has 3 aromatic heterocycles. The van der Waals surface area contributed by atoms with Crippen molar-refractivity contribution < 1.29 is 0 Å². The van der Waals surface area contributed by atoms with Crippen molar-refractivity contribution in [2.24, 2.45) is 17.3 Å².